The van der Waals surface area contributed by atoms with E-state index in [-0.39, 0.29) is 30.2 Å². The number of esters is 1. The van der Waals surface area contributed by atoms with Crippen molar-refractivity contribution in [3.63, 3.8) is 0 Å². The molecule has 1 fully saturated rings. The van der Waals surface area contributed by atoms with Crippen LogP contribution in [0.15, 0.2) is 23.0 Å². The lowest BCUT2D eigenvalue weighted by Crippen LogP contribution is -2.40. The minimum Gasteiger partial charge on any atom is -0.465 e. The lowest BCUT2D eigenvalue weighted by Gasteiger charge is -2.34. The summed E-state index contributed by atoms with van der Waals surface area (Å²) in [6, 6.07) is 5.90. The first-order chi connectivity index (χ1) is 17.3. The molecule has 1 N–H and O–H groups in total. The molecule has 1 saturated heterocycles. The van der Waals surface area contributed by atoms with Crippen LogP contribution in [0.25, 0.3) is 10.9 Å². The average Bonchev–Trinajstić information content (AvgIpc) is 3.47. The number of H-pyrrole nitrogens is 1. The molecule has 1 aromatic carbocycles. The number of hydrogen-bond donors (Lipinski definition) is 1. The highest BCUT2D eigenvalue weighted by Gasteiger charge is 2.33. The van der Waals surface area contributed by atoms with Crippen LogP contribution in [0.4, 0.5) is 0 Å². The van der Waals surface area contributed by atoms with E-state index in [1.54, 1.807) is 6.92 Å². The molecular formula is C26H36N6O4. The van der Waals surface area contributed by atoms with Crippen LogP contribution < -0.4 is 5.56 Å². The van der Waals surface area contributed by atoms with Crippen molar-refractivity contribution in [2.45, 2.75) is 72.7 Å². The van der Waals surface area contributed by atoms with Crippen molar-refractivity contribution in [2.24, 2.45) is 5.92 Å². The van der Waals surface area contributed by atoms with E-state index in [4.69, 9.17) is 9.47 Å². The Hall–Kier alpha value is -3.11. The van der Waals surface area contributed by atoms with Crippen LogP contribution in [0.2, 0.25) is 0 Å². The first-order valence-corrected chi connectivity index (χ1v) is 12.7. The lowest BCUT2D eigenvalue weighted by atomic mass is 9.99. The first kappa shape index (κ1) is 26.0. The third-order valence-electron chi connectivity index (χ3n) is 6.64. The molecular weight excluding hydrogens is 460 g/mol. The summed E-state index contributed by atoms with van der Waals surface area (Å²) >= 11 is 0. The molecule has 0 aliphatic carbocycles. The van der Waals surface area contributed by atoms with Crippen LogP contribution in [0, 0.1) is 19.8 Å². The number of carbonyl (C=O) groups is 1. The van der Waals surface area contributed by atoms with Gasteiger partial charge in [0.05, 0.1) is 24.3 Å². The van der Waals surface area contributed by atoms with Crippen molar-refractivity contribution in [3.8, 4) is 0 Å². The maximum Gasteiger partial charge on any atom is 0.327 e. The second-order valence-corrected chi connectivity index (χ2v) is 9.92. The predicted molar refractivity (Wildman–Crippen MR) is 135 cm³/mol. The molecule has 0 amide bonds. The van der Waals surface area contributed by atoms with Gasteiger partial charge in [-0.15, -0.1) is 5.10 Å². The van der Waals surface area contributed by atoms with E-state index in [0.29, 0.717) is 31.1 Å². The van der Waals surface area contributed by atoms with Gasteiger partial charge in [0.1, 0.15) is 6.54 Å². The minimum atomic E-state index is -0.393. The standard InChI is InChI=1S/C26H36N6O4/c1-6-35-22(33)15-32-25(28-29-30-32)24(16(2)3)31(14-21-8-7-9-36-21)13-20-12-19-11-17(4)10-18(5)23(19)27-26(20)34/h10-12,16,21,24H,6-9,13-15H2,1-5H3,(H,27,34)/t21-,24+/m1/s1. The molecule has 2 atom stereocenters. The zero-order valence-electron chi connectivity index (χ0n) is 21.8. The zero-order valence-corrected chi connectivity index (χ0v) is 21.8. The molecule has 1 aliphatic rings. The highest BCUT2D eigenvalue weighted by atomic mass is 16.5. The quantitative estimate of drug-likeness (QED) is 0.426. The Kier molecular flexibility index (Phi) is 8.15. The van der Waals surface area contributed by atoms with Gasteiger partial charge >= 0.3 is 5.97 Å². The Bertz CT molecular complexity index is 1260. The molecule has 2 aromatic heterocycles. The van der Waals surface area contributed by atoms with E-state index >= 15 is 0 Å². The summed E-state index contributed by atoms with van der Waals surface area (Å²) in [5, 5.41) is 13.3. The average molecular weight is 497 g/mol. The fourth-order valence-corrected chi connectivity index (χ4v) is 5.14. The Morgan fingerprint density at radius 3 is 2.81 bits per heavy atom. The summed E-state index contributed by atoms with van der Waals surface area (Å²) in [5.41, 5.74) is 3.61. The summed E-state index contributed by atoms with van der Waals surface area (Å²) < 4.78 is 12.6. The molecule has 36 heavy (non-hydrogen) atoms. The van der Waals surface area contributed by atoms with Crippen molar-refractivity contribution >= 4 is 16.9 Å². The van der Waals surface area contributed by atoms with E-state index in [0.717, 1.165) is 41.5 Å². The third-order valence-corrected chi connectivity index (χ3v) is 6.64. The summed E-state index contributed by atoms with van der Waals surface area (Å²) in [6.07, 6.45) is 2.03. The van der Waals surface area contributed by atoms with Gasteiger partial charge in [0.25, 0.3) is 5.56 Å². The monoisotopic (exact) mass is 496 g/mol. The van der Waals surface area contributed by atoms with Crippen LogP contribution in [0.1, 0.15) is 62.2 Å². The van der Waals surface area contributed by atoms with Crippen molar-refractivity contribution in [2.75, 3.05) is 19.8 Å². The number of rotatable bonds is 10. The summed E-state index contributed by atoms with van der Waals surface area (Å²) in [4.78, 5) is 30.7. The fraction of sp³-hybridized carbons (Fsp3) is 0.577. The minimum absolute atomic E-state index is 0.0599. The van der Waals surface area contributed by atoms with Gasteiger partial charge in [-0.05, 0) is 73.0 Å². The largest absolute Gasteiger partial charge is 0.465 e. The van der Waals surface area contributed by atoms with Crippen LogP contribution >= 0.6 is 0 Å². The lowest BCUT2D eigenvalue weighted by molar-refractivity contribution is -0.144. The number of hydrogen-bond acceptors (Lipinski definition) is 8. The summed E-state index contributed by atoms with van der Waals surface area (Å²) in [7, 11) is 0. The molecule has 3 heterocycles. The number of benzene rings is 1. The number of nitrogens with zero attached hydrogens (tertiary/aromatic N) is 5. The van der Waals surface area contributed by atoms with E-state index in [1.165, 1.54) is 4.68 Å². The molecule has 0 saturated carbocycles. The highest BCUT2D eigenvalue weighted by molar-refractivity contribution is 5.82. The number of tetrazole rings is 1. The van der Waals surface area contributed by atoms with E-state index in [2.05, 4.69) is 58.3 Å². The molecule has 3 aromatic rings. The smallest absolute Gasteiger partial charge is 0.327 e. The molecule has 0 unspecified atom stereocenters. The zero-order chi connectivity index (χ0) is 25.8. The van der Waals surface area contributed by atoms with Crippen molar-refractivity contribution < 1.29 is 14.3 Å². The second kappa shape index (κ2) is 11.3. The van der Waals surface area contributed by atoms with Crippen molar-refractivity contribution in [1.29, 1.82) is 0 Å². The number of aromatic amines is 1. The Balaban J connectivity index is 1.72. The summed E-state index contributed by atoms with van der Waals surface area (Å²) in [5.74, 6) is 0.276. The maximum absolute atomic E-state index is 13.2. The topological polar surface area (TPSA) is 115 Å². The number of carbonyl (C=O) groups excluding carboxylic acids is 1. The number of aryl methyl sites for hydroxylation is 2. The van der Waals surface area contributed by atoms with Crippen LogP contribution in [-0.4, -0.2) is 61.9 Å². The number of pyridine rings is 1. The Morgan fingerprint density at radius 1 is 1.31 bits per heavy atom. The van der Waals surface area contributed by atoms with Gasteiger partial charge < -0.3 is 14.5 Å². The Morgan fingerprint density at radius 2 is 2.11 bits per heavy atom. The van der Waals surface area contributed by atoms with Gasteiger partial charge in [0, 0.05) is 25.3 Å². The van der Waals surface area contributed by atoms with Crippen molar-refractivity contribution in [3.05, 3.63) is 51.1 Å². The van der Waals surface area contributed by atoms with Crippen LogP contribution in [0.5, 0.6) is 0 Å². The van der Waals surface area contributed by atoms with E-state index in [1.807, 2.05) is 13.0 Å². The van der Waals surface area contributed by atoms with Crippen LogP contribution in [0.3, 0.4) is 0 Å². The van der Waals surface area contributed by atoms with Gasteiger partial charge in [-0.1, -0.05) is 25.5 Å². The number of fused-ring (bicyclic) bond motifs is 1. The van der Waals surface area contributed by atoms with E-state index < -0.39 is 5.97 Å². The molecule has 10 nitrogen and oxygen atoms in total. The molecule has 0 bridgehead atoms. The Labute approximate surface area is 211 Å². The first-order valence-electron chi connectivity index (χ1n) is 12.7. The number of nitrogens with one attached hydrogen (secondary N) is 1. The van der Waals surface area contributed by atoms with E-state index in [9.17, 15) is 9.59 Å². The number of ether oxygens (including phenoxy) is 2. The van der Waals surface area contributed by atoms with Crippen LogP contribution in [-0.2, 0) is 27.4 Å². The van der Waals surface area contributed by atoms with Gasteiger partial charge in [0.2, 0.25) is 0 Å². The highest BCUT2D eigenvalue weighted by Crippen LogP contribution is 2.30. The summed E-state index contributed by atoms with van der Waals surface area (Å²) in [6.45, 7) is 12.0. The molecule has 0 spiro atoms. The third kappa shape index (κ3) is 5.82. The number of aromatic nitrogens is 5. The van der Waals surface area contributed by atoms with Gasteiger partial charge in [0.15, 0.2) is 5.82 Å². The normalized spacial score (nSPS) is 16.8. The predicted octanol–water partition coefficient (Wildman–Crippen LogP) is 3.07. The fourth-order valence-electron chi connectivity index (χ4n) is 5.14. The van der Waals surface area contributed by atoms with Gasteiger partial charge in [-0.2, -0.15) is 0 Å². The SMILES string of the molecule is CCOC(=O)Cn1nnnc1[C@H](C(C)C)N(Cc1cc2cc(C)cc(C)c2[nH]c1=O)C[C@H]1CCCO1. The maximum atomic E-state index is 13.2. The molecule has 1 aliphatic heterocycles. The van der Waals surface area contributed by atoms with Gasteiger partial charge in [-0.25, -0.2) is 4.68 Å². The second-order valence-electron chi connectivity index (χ2n) is 9.92. The molecule has 0 radical (unpaired) electrons. The molecule has 10 heteroatoms. The van der Waals surface area contributed by atoms with Crippen molar-refractivity contribution in [1.82, 2.24) is 30.1 Å². The molecule has 194 valence electrons. The molecule has 4 rings (SSSR count). The van der Waals surface area contributed by atoms with Gasteiger partial charge in [-0.3, -0.25) is 14.5 Å².